The van der Waals surface area contributed by atoms with Crippen LogP contribution < -0.4 is 5.32 Å². The van der Waals surface area contributed by atoms with E-state index in [9.17, 15) is 18.8 Å². The molecule has 2 aliphatic heterocycles. The van der Waals surface area contributed by atoms with Gasteiger partial charge in [0.25, 0.3) is 11.7 Å². The van der Waals surface area contributed by atoms with Crippen LogP contribution in [0.2, 0.25) is 0 Å². The Labute approximate surface area is 137 Å². The monoisotopic (exact) mass is 327 g/mol. The summed E-state index contributed by atoms with van der Waals surface area (Å²) in [4.78, 5) is 41.6. The van der Waals surface area contributed by atoms with Gasteiger partial charge in [-0.05, 0) is 42.3 Å². The number of fused-ring (bicyclic) bond motifs is 1. The van der Waals surface area contributed by atoms with Crippen molar-refractivity contribution >= 4 is 23.4 Å². The molecule has 2 heterocycles. The standard InChI is InChI=1S/C17H14FN3O3/c1-10-6-7-21-13(8-10)20-14(15(22)17(21)24)16(23)19-9-11-2-4-12(18)5-3-11/h2-8,14H,9H2,1H3,(H,19,23). The smallest absolute Gasteiger partial charge is 0.302 e. The molecule has 0 aliphatic carbocycles. The maximum atomic E-state index is 12.9. The molecule has 2 aliphatic rings. The number of ketones is 1. The van der Waals surface area contributed by atoms with Crippen LogP contribution in [-0.4, -0.2) is 34.4 Å². The predicted octanol–water partition coefficient (Wildman–Crippen LogP) is 1.09. The number of hydrogen-bond donors (Lipinski definition) is 1. The van der Waals surface area contributed by atoms with Crippen molar-refractivity contribution in [3.63, 3.8) is 0 Å². The molecule has 3 rings (SSSR count). The molecule has 1 unspecified atom stereocenters. The second kappa shape index (κ2) is 6.19. The van der Waals surface area contributed by atoms with Crippen molar-refractivity contribution < 1.29 is 18.8 Å². The number of halogens is 1. The molecule has 0 spiro atoms. The van der Waals surface area contributed by atoms with E-state index in [-0.39, 0.29) is 18.2 Å². The van der Waals surface area contributed by atoms with E-state index < -0.39 is 23.6 Å². The van der Waals surface area contributed by atoms with Crippen LogP contribution in [0.25, 0.3) is 0 Å². The zero-order chi connectivity index (χ0) is 17.3. The number of benzene rings is 1. The molecule has 0 saturated carbocycles. The Morgan fingerprint density at radius 1 is 1.29 bits per heavy atom. The van der Waals surface area contributed by atoms with Crippen LogP contribution in [0.4, 0.5) is 4.39 Å². The first kappa shape index (κ1) is 15.8. The molecule has 1 N–H and O–H groups in total. The fraction of sp³-hybridized carbons (Fsp3) is 0.176. The van der Waals surface area contributed by atoms with Crippen LogP contribution in [0.5, 0.6) is 0 Å². The molecule has 0 fully saturated rings. The largest absolute Gasteiger partial charge is 0.350 e. The molecule has 1 aromatic rings. The number of nitrogens with one attached hydrogen (secondary N) is 1. The summed E-state index contributed by atoms with van der Waals surface area (Å²) in [6.07, 6.45) is 4.77. The number of aliphatic imine (C=N–C) groups is 1. The zero-order valence-corrected chi connectivity index (χ0v) is 12.8. The molecule has 122 valence electrons. The molecular weight excluding hydrogens is 313 g/mol. The van der Waals surface area contributed by atoms with Crippen molar-refractivity contribution in [2.24, 2.45) is 4.99 Å². The van der Waals surface area contributed by atoms with E-state index in [2.05, 4.69) is 10.3 Å². The summed E-state index contributed by atoms with van der Waals surface area (Å²) in [6.45, 7) is 1.93. The Morgan fingerprint density at radius 2 is 2.00 bits per heavy atom. The van der Waals surface area contributed by atoms with E-state index in [4.69, 9.17) is 0 Å². The van der Waals surface area contributed by atoms with Crippen molar-refractivity contribution in [3.05, 3.63) is 59.6 Å². The number of amides is 2. The molecule has 1 atom stereocenters. The highest BCUT2D eigenvalue weighted by Gasteiger charge is 2.40. The zero-order valence-electron chi connectivity index (χ0n) is 12.8. The lowest BCUT2D eigenvalue weighted by atomic mass is 10.1. The van der Waals surface area contributed by atoms with Gasteiger partial charge in [0.15, 0.2) is 6.04 Å². The predicted molar refractivity (Wildman–Crippen MR) is 84.2 cm³/mol. The third kappa shape index (κ3) is 3.01. The summed E-state index contributed by atoms with van der Waals surface area (Å²) in [6, 6.07) is 4.19. The highest BCUT2D eigenvalue weighted by molar-refractivity contribution is 6.47. The topological polar surface area (TPSA) is 78.8 Å². The van der Waals surface area contributed by atoms with Crippen LogP contribution in [0.15, 0.2) is 53.2 Å². The van der Waals surface area contributed by atoms with E-state index in [1.54, 1.807) is 12.2 Å². The molecule has 0 bridgehead atoms. The summed E-state index contributed by atoms with van der Waals surface area (Å²) in [7, 11) is 0. The molecule has 24 heavy (non-hydrogen) atoms. The number of Topliss-reactive ketones (excluding diaryl/α,β-unsaturated/α-hetero) is 1. The van der Waals surface area contributed by atoms with Crippen LogP contribution in [-0.2, 0) is 20.9 Å². The molecule has 0 radical (unpaired) electrons. The number of nitrogens with zero attached hydrogens (tertiary/aromatic N) is 2. The number of rotatable bonds is 3. The van der Waals surface area contributed by atoms with Gasteiger partial charge in [-0.1, -0.05) is 12.1 Å². The van der Waals surface area contributed by atoms with E-state index in [1.165, 1.54) is 30.5 Å². The first-order valence-corrected chi connectivity index (χ1v) is 7.29. The van der Waals surface area contributed by atoms with Gasteiger partial charge in [-0.25, -0.2) is 9.38 Å². The van der Waals surface area contributed by atoms with Gasteiger partial charge in [-0.2, -0.15) is 0 Å². The Kier molecular flexibility index (Phi) is 4.07. The third-order valence-electron chi connectivity index (χ3n) is 3.66. The Balaban J connectivity index is 1.75. The highest BCUT2D eigenvalue weighted by Crippen LogP contribution is 2.16. The summed E-state index contributed by atoms with van der Waals surface area (Å²) in [5.41, 5.74) is 1.53. The van der Waals surface area contributed by atoms with Crippen LogP contribution >= 0.6 is 0 Å². The van der Waals surface area contributed by atoms with Crippen LogP contribution in [0.1, 0.15) is 12.5 Å². The van der Waals surface area contributed by atoms with Crippen molar-refractivity contribution in [3.8, 4) is 0 Å². The number of carbonyl (C=O) groups excluding carboxylic acids is 3. The van der Waals surface area contributed by atoms with E-state index >= 15 is 0 Å². The minimum Gasteiger partial charge on any atom is -0.350 e. The summed E-state index contributed by atoms with van der Waals surface area (Å²) in [5.74, 6) is -2.45. The van der Waals surface area contributed by atoms with Gasteiger partial charge < -0.3 is 5.32 Å². The van der Waals surface area contributed by atoms with Crippen molar-refractivity contribution in [2.45, 2.75) is 19.5 Å². The minimum atomic E-state index is -1.40. The van der Waals surface area contributed by atoms with Gasteiger partial charge in [0.1, 0.15) is 11.7 Å². The van der Waals surface area contributed by atoms with Gasteiger partial charge in [0.2, 0.25) is 0 Å². The lowest BCUT2D eigenvalue weighted by molar-refractivity contribution is -0.144. The van der Waals surface area contributed by atoms with E-state index in [0.717, 1.165) is 10.5 Å². The van der Waals surface area contributed by atoms with Crippen molar-refractivity contribution in [1.82, 2.24) is 10.2 Å². The Bertz CT molecular complexity index is 809. The highest BCUT2D eigenvalue weighted by atomic mass is 19.1. The molecule has 0 aromatic heterocycles. The second-order valence-electron chi connectivity index (χ2n) is 5.48. The lowest BCUT2D eigenvalue weighted by Crippen LogP contribution is -2.52. The fourth-order valence-corrected chi connectivity index (χ4v) is 2.35. The number of carbonyl (C=O) groups is 3. The van der Waals surface area contributed by atoms with Gasteiger partial charge in [-0.15, -0.1) is 0 Å². The van der Waals surface area contributed by atoms with Gasteiger partial charge in [0, 0.05) is 12.7 Å². The number of amidine groups is 1. The van der Waals surface area contributed by atoms with E-state index in [1.807, 2.05) is 6.92 Å². The second-order valence-corrected chi connectivity index (χ2v) is 5.48. The number of hydrogen-bond acceptors (Lipinski definition) is 4. The minimum absolute atomic E-state index is 0.112. The third-order valence-corrected chi connectivity index (χ3v) is 3.66. The Hall–Kier alpha value is -3.09. The quantitative estimate of drug-likeness (QED) is 0.667. The van der Waals surface area contributed by atoms with Gasteiger partial charge in [-0.3, -0.25) is 19.3 Å². The SMILES string of the molecule is CC1=CC2=NC(C(=O)NCc3ccc(F)cc3)C(=O)C(=O)N2C=C1. The maximum absolute atomic E-state index is 12.9. The Morgan fingerprint density at radius 3 is 2.71 bits per heavy atom. The molecule has 7 heteroatoms. The first-order chi connectivity index (χ1) is 11.5. The molecule has 0 saturated heterocycles. The average Bonchev–Trinajstić information content (AvgIpc) is 2.57. The van der Waals surface area contributed by atoms with Crippen LogP contribution in [0.3, 0.4) is 0 Å². The normalized spacial score (nSPS) is 19.6. The average molecular weight is 327 g/mol. The number of allylic oxidation sites excluding steroid dienone is 2. The molecular formula is C17H14FN3O3. The van der Waals surface area contributed by atoms with E-state index in [0.29, 0.717) is 5.56 Å². The molecule has 2 amide bonds. The lowest BCUT2D eigenvalue weighted by Gasteiger charge is -2.27. The molecule has 6 nitrogen and oxygen atoms in total. The van der Waals surface area contributed by atoms with Crippen LogP contribution in [0, 0.1) is 5.82 Å². The first-order valence-electron chi connectivity index (χ1n) is 7.29. The maximum Gasteiger partial charge on any atom is 0.302 e. The van der Waals surface area contributed by atoms with Gasteiger partial charge >= 0.3 is 5.91 Å². The molecule has 1 aromatic carbocycles. The fourth-order valence-electron chi connectivity index (χ4n) is 2.35. The van der Waals surface area contributed by atoms with Crippen molar-refractivity contribution in [1.29, 1.82) is 0 Å². The summed E-state index contributed by atoms with van der Waals surface area (Å²) < 4.78 is 12.9. The summed E-state index contributed by atoms with van der Waals surface area (Å²) >= 11 is 0. The van der Waals surface area contributed by atoms with Crippen molar-refractivity contribution in [2.75, 3.05) is 0 Å². The van der Waals surface area contributed by atoms with Gasteiger partial charge in [0.05, 0.1) is 0 Å². The summed E-state index contributed by atoms with van der Waals surface area (Å²) in [5, 5.41) is 2.55.